The fraction of sp³-hybridized carbons (Fsp3) is 0.450. The van der Waals surface area contributed by atoms with Crippen LogP contribution >= 0.6 is 11.8 Å². The smallest absolute Gasteiger partial charge is 0.255 e. The first-order chi connectivity index (χ1) is 35.3. The lowest BCUT2D eigenvalue weighted by Gasteiger charge is -2.38. The maximum Gasteiger partial charge on any atom is 0.255 e. The number of hydrogen-bond donors (Lipinski definition) is 4. The number of nitrogens with zero attached hydrogens (tertiary/aromatic N) is 4. The van der Waals surface area contributed by atoms with Crippen molar-refractivity contribution in [1.82, 2.24) is 20.0 Å². The Kier molecular flexibility index (Phi) is 15.4. The highest BCUT2D eigenvalue weighted by atomic mass is 32.2. The van der Waals surface area contributed by atoms with E-state index >= 15 is 0 Å². The standard InChI is InChI=1S/C60H71N7O5S/c1-39(9-10-40-11-24-52-47(35-40)38-67(59(52)72)53-25-26-55(68)64-58(53)71)56(69)45-16-12-42(13-17-45)44-27-31-65(32-28-44)49-22-20-43(21-23-49)41-14-18-46(19-15-41)57(70)63-48-5-3-6-50(36-48)73-51-7-4-8-54(62-37-51)66-33-29-60(2,61)30-34-66/h3,5-8,11-12,14-15,18-20,22,24,35-37,39,44-45,53,55,68H,4,9-10,13,16-17,21,23,25-34,38,61H2,1-2H3,(H,63,70)(H,64,71). The summed E-state index contributed by atoms with van der Waals surface area (Å²) in [5.41, 5.74) is 15.7. The second-order valence-corrected chi connectivity index (χ2v) is 22.9. The van der Waals surface area contributed by atoms with Crippen molar-refractivity contribution in [3.8, 4) is 0 Å². The average Bonchev–Trinajstić information content (AvgIpc) is 3.55. The number of likely N-dealkylation sites (tertiary alicyclic amines) is 2. The molecule has 12 nitrogen and oxygen atoms in total. The summed E-state index contributed by atoms with van der Waals surface area (Å²) in [6, 6.07) is 21.3. The predicted molar refractivity (Wildman–Crippen MR) is 290 cm³/mol. The number of carbonyl (C=O) groups excluding carboxylic acids is 4. The molecule has 5 aliphatic heterocycles. The van der Waals surface area contributed by atoms with Crippen molar-refractivity contribution in [3.05, 3.63) is 147 Å². The van der Waals surface area contributed by atoms with Gasteiger partial charge in [0.1, 0.15) is 23.9 Å². The average molecular weight is 1000 g/mol. The minimum absolute atomic E-state index is 0.0378. The van der Waals surface area contributed by atoms with E-state index in [-0.39, 0.29) is 35.1 Å². The number of allylic oxidation sites excluding steroid dienone is 9. The van der Waals surface area contributed by atoms with Crippen LogP contribution in [0.3, 0.4) is 0 Å². The van der Waals surface area contributed by atoms with Gasteiger partial charge in [-0.05, 0) is 174 Å². The third kappa shape index (κ3) is 12.0. The van der Waals surface area contributed by atoms with E-state index in [2.05, 4.69) is 88.9 Å². The van der Waals surface area contributed by atoms with Gasteiger partial charge in [-0.25, -0.2) is 4.99 Å². The number of aryl methyl sites for hydroxylation is 1. The van der Waals surface area contributed by atoms with E-state index in [1.165, 1.54) is 11.3 Å². The molecule has 0 saturated carbocycles. The normalized spacial score (nSPS) is 23.8. The summed E-state index contributed by atoms with van der Waals surface area (Å²) in [5.74, 6) is 1.44. The van der Waals surface area contributed by atoms with Crippen LogP contribution in [0.1, 0.15) is 135 Å². The molecular formula is C60H71N7O5S. The van der Waals surface area contributed by atoms with Gasteiger partial charge in [0, 0.05) is 88.6 Å². The van der Waals surface area contributed by atoms with Gasteiger partial charge in [0.15, 0.2) is 0 Å². The second kappa shape index (κ2) is 22.2. The number of anilines is 1. The minimum Gasteiger partial charge on any atom is -0.375 e. The summed E-state index contributed by atoms with van der Waals surface area (Å²) >= 11 is 1.65. The number of nitrogens with one attached hydrogen (secondary N) is 2. The number of nitrogens with two attached hydrogens (primary N) is 1. The van der Waals surface area contributed by atoms with Crippen LogP contribution in [-0.2, 0) is 22.6 Å². The highest BCUT2D eigenvalue weighted by Crippen LogP contribution is 2.38. The van der Waals surface area contributed by atoms with Crippen molar-refractivity contribution in [1.29, 1.82) is 0 Å². The number of ketones is 1. The first-order valence-electron chi connectivity index (χ1n) is 26.8. The summed E-state index contributed by atoms with van der Waals surface area (Å²) in [4.78, 5) is 66.2. The third-order valence-electron chi connectivity index (χ3n) is 16.5. The first kappa shape index (κ1) is 50.5. The molecule has 13 heteroatoms. The molecule has 73 heavy (non-hydrogen) atoms. The number of carbonyl (C=O) groups is 4. The fourth-order valence-electron chi connectivity index (χ4n) is 11.8. The van der Waals surface area contributed by atoms with Gasteiger partial charge in [-0.3, -0.25) is 19.2 Å². The van der Waals surface area contributed by atoms with Crippen molar-refractivity contribution in [2.24, 2.45) is 28.5 Å². The van der Waals surface area contributed by atoms with Crippen LogP contribution in [0.5, 0.6) is 0 Å². The predicted octanol–water partition coefficient (Wildman–Crippen LogP) is 9.93. The first-order valence-corrected chi connectivity index (χ1v) is 27.6. The third-order valence-corrected chi connectivity index (χ3v) is 17.5. The van der Waals surface area contributed by atoms with Crippen molar-refractivity contribution < 1.29 is 24.3 Å². The van der Waals surface area contributed by atoms with E-state index in [0.29, 0.717) is 42.2 Å². The quantitative estimate of drug-likeness (QED) is 0.115. The molecule has 4 atom stereocenters. The van der Waals surface area contributed by atoms with Gasteiger partial charge in [0.25, 0.3) is 11.8 Å². The van der Waals surface area contributed by atoms with Gasteiger partial charge in [-0.1, -0.05) is 72.8 Å². The molecule has 382 valence electrons. The van der Waals surface area contributed by atoms with Crippen LogP contribution in [0, 0.1) is 17.8 Å². The number of Topliss-reactive ketones (excluding diaryl/α,β-unsaturated/α-hetero) is 1. The van der Waals surface area contributed by atoms with Gasteiger partial charge in [-0.15, -0.1) is 0 Å². The highest BCUT2D eigenvalue weighted by Gasteiger charge is 2.39. The molecule has 5 heterocycles. The molecule has 4 unspecified atom stereocenters. The van der Waals surface area contributed by atoms with Crippen molar-refractivity contribution >= 4 is 52.7 Å². The Bertz CT molecular complexity index is 2790. The molecule has 3 fully saturated rings. The number of hydrogen-bond acceptors (Lipinski definition) is 10. The number of aliphatic hydroxyl groups excluding tert-OH is 1. The van der Waals surface area contributed by atoms with Crippen molar-refractivity contribution in [3.63, 3.8) is 0 Å². The Morgan fingerprint density at radius 3 is 2.45 bits per heavy atom. The van der Waals surface area contributed by atoms with Crippen LogP contribution in [0.4, 0.5) is 5.69 Å². The Hall–Kier alpha value is -6.02. The molecule has 2 aliphatic carbocycles. The van der Waals surface area contributed by atoms with Crippen molar-refractivity contribution in [2.45, 2.75) is 133 Å². The molecule has 3 amide bonds. The molecular weight excluding hydrogens is 931 g/mol. The molecule has 0 aromatic heterocycles. The van der Waals surface area contributed by atoms with E-state index in [9.17, 15) is 24.3 Å². The molecule has 0 spiro atoms. The molecule has 0 bridgehead atoms. The molecule has 7 aliphatic rings. The molecule has 3 saturated heterocycles. The van der Waals surface area contributed by atoms with Crippen LogP contribution in [0.2, 0.25) is 0 Å². The highest BCUT2D eigenvalue weighted by molar-refractivity contribution is 8.04. The Morgan fingerprint density at radius 1 is 0.904 bits per heavy atom. The second-order valence-electron chi connectivity index (χ2n) is 21.7. The lowest BCUT2D eigenvalue weighted by molar-refractivity contribution is -0.132. The maximum atomic E-state index is 13.7. The zero-order valence-corrected chi connectivity index (χ0v) is 43.3. The minimum atomic E-state index is -0.852. The largest absolute Gasteiger partial charge is 0.375 e. The van der Waals surface area contributed by atoms with Gasteiger partial charge < -0.3 is 36.2 Å². The molecule has 3 aromatic carbocycles. The van der Waals surface area contributed by atoms with Crippen LogP contribution < -0.4 is 16.4 Å². The Morgan fingerprint density at radius 2 is 1.71 bits per heavy atom. The lowest BCUT2D eigenvalue weighted by Crippen LogP contribution is -2.54. The summed E-state index contributed by atoms with van der Waals surface area (Å²) in [7, 11) is 0. The number of fused-ring (bicyclic) bond motifs is 1. The van der Waals surface area contributed by atoms with E-state index < -0.39 is 12.3 Å². The number of thioether (sulfide) groups is 1. The number of piperidine rings is 3. The van der Waals surface area contributed by atoms with Crippen molar-refractivity contribution in [2.75, 3.05) is 31.5 Å². The van der Waals surface area contributed by atoms with Gasteiger partial charge in [0.2, 0.25) is 5.91 Å². The summed E-state index contributed by atoms with van der Waals surface area (Å²) < 4.78 is 0. The number of rotatable bonds is 14. The molecule has 5 N–H and O–H groups in total. The topological polar surface area (TPSA) is 161 Å². The monoisotopic (exact) mass is 1000 g/mol. The van der Waals surface area contributed by atoms with Gasteiger partial charge in [0.05, 0.1) is 0 Å². The number of benzene rings is 3. The maximum absolute atomic E-state index is 13.7. The zero-order valence-electron chi connectivity index (χ0n) is 42.5. The molecule has 0 radical (unpaired) electrons. The van der Waals surface area contributed by atoms with Crippen LogP contribution in [0.25, 0.3) is 5.57 Å². The molecule has 3 aromatic rings. The Labute approximate surface area is 435 Å². The summed E-state index contributed by atoms with van der Waals surface area (Å²) in [5, 5.41) is 15.5. The summed E-state index contributed by atoms with van der Waals surface area (Å²) in [6.45, 7) is 8.53. The van der Waals surface area contributed by atoms with E-state index in [0.717, 1.165) is 141 Å². The van der Waals surface area contributed by atoms with E-state index in [1.54, 1.807) is 22.2 Å². The summed E-state index contributed by atoms with van der Waals surface area (Å²) in [6.07, 6.45) is 24.6. The molecule has 10 rings (SSSR count). The SMILES string of the molecule is CC(CCc1ccc2c(c1)CN(C1CCC(O)NC1=O)C2=O)C(=O)C1CC=C(C2CCN(C3=CC=C(c4ccc(C(=O)Nc5cccc(SC6=CCC=C(N7CCC(C)(N)CC7)N=C6)c5)cc4)CC3)CC2)CC1. The number of aliphatic imine (C=N–C) groups is 1. The van der Waals surface area contributed by atoms with Gasteiger partial charge in [-0.2, -0.15) is 0 Å². The van der Waals surface area contributed by atoms with E-state index in [1.807, 2.05) is 48.7 Å². The Balaban J connectivity index is 0.647. The zero-order chi connectivity index (χ0) is 50.6. The van der Waals surface area contributed by atoms with Crippen LogP contribution in [0.15, 0.2) is 129 Å². The fourth-order valence-corrected chi connectivity index (χ4v) is 12.7. The number of amides is 3. The van der Waals surface area contributed by atoms with Crippen LogP contribution in [-0.4, -0.2) is 93.5 Å². The van der Waals surface area contributed by atoms with E-state index in [4.69, 9.17) is 10.7 Å². The number of aliphatic hydroxyl groups is 1. The van der Waals surface area contributed by atoms with Gasteiger partial charge >= 0.3 is 0 Å². The lowest BCUT2D eigenvalue weighted by atomic mass is 9.76.